The number of carbonyl (C=O) groups is 1. The van der Waals surface area contributed by atoms with E-state index in [9.17, 15) is 4.79 Å². The lowest BCUT2D eigenvalue weighted by Gasteiger charge is -2.10. The van der Waals surface area contributed by atoms with Gasteiger partial charge in [-0.15, -0.1) is 0 Å². The number of methoxy groups -OCH3 is 1. The number of ether oxygens (including phenoxy) is 1. The fourth-order valence-electron chi connectivity index (χ4n) is 1.70. The van der Waals surface area contributed by atoms with Gasteiger partial charge >= 0.3 is 0 Å². The van der Waals surface area contributed by atoms with E-state index in [0.717, 1.165) is 0 Å². The molecule has 2 unspecified atom stereocenters. The Hall–Kier alpha value is -1.24. The van der Waals surface area contributed by atoms with E-state index in [1.165, 1.54) is 12.4 Å². The van der Waals surface area contributed by atoms with Gasteiger partial charge in [-0.2, -0.15) is 0 Å². The van der Waals surface area contributed by atoms with Crippen molar-refractivity contribution in [2.24, 2.45) is 0 Å². The zero-order valence-electron chi connectivity index (χ0n) is 9.31. The molecule has 0 saturated carbocycles. The van der Waals surface area contributed by atoms with Crippen LogP contribution < -0.4 is 10.6 Å². The maximum Gasteiger partial charge on any atom is 0.242 e. The van der Waals surface area contributed by atoms with E-state index in [-0.39, 0.29) is 18.1 Å². The second kappa shape index (κ2) is 5.39. The first-order valence-corrected chi connectivity index (χ1v) is 5.61. The molecule has 1 aromatic heterocycles. The molecule has 0 spiro atoms. The monoisotopic (exact) mass is 256 g/mol. The van der Waals surface area contributed by atoms with Crippen LogP contribution in [0.2, 0.25) is 5.15 Å². The molecule has 2 N–H and O–H groups in total. The molecule has 0 aliphatic carbocycles. The van der Waals surface area contributed by atoms with Crippen molar-refractivity contribution in [2.75, 3.05) is 19.0 Å². The molecule has 0 bridgehead atoms. The second-order valence-corrected chi connectivity index (χ2v) is 4.16. The van der Waals surface area contributed by atoms with E-state index in [1.54, 1.807) is 7.11 Å². The van der Waals surface area contributed by atoms with Crippen LogP contribution in [-0.4, -0.2) is 41.7 Å². The van der Waals surface area contributed by atoms with E-state index < -0.39 is 0 Å². The van der Waals surface area contributed by atoms with Crippen LogP contribution in [0, 0.1) is 0 Å². The summed E-state index contributed by atoms with van der Waals surface area (Å²) in [6.45, 7) is 0.680. The fourth-order valence-corrected chi connectivity index (χ4v) is 1.84. The number of anilines is 1. The Kier molecular flexibility index (Phi) is 3.88. The predicted molar refractivity (Wildman–Crippen MR) is 62.9 cm³/mol. The first-order valence-electron chi connectivity index (χ1n) is 5.23. The van der Waals surface area contributed by atoms with Crippen LogP contribution in [0.5, 0.6) is 0 Å². The van der Waals surface area contributed by atoms with Crippen molar-refractivity contribution in [3.63, 3.8) is 0 Å². The molecule has 2 atom stereocenters. The number of hydrogen-bond acceptors (Lipinski definition) is 5. The summed E-state index contributed by atoms with van der Waals surface area (Å²) in [5, 5.41) is 6.05. The molecule has 7 heteroatoms. The molecule has 6 nitrogen and oxygen atoms in total. The summed E-state index contributed by atoms with van der Waals surface area (Å²) in [5.74, 6) is 0.261. The van der Waals surface area contributed by atoms with Crippen molar-refractivity contribution in [3.05, 3.63) is 17.5 Å². The van der Waals surface area contributed by atoms with E-state index in [4.69, 9.17) is 16.3 Å². The summed E-state index contributed by atoms with van der Waals surface area (Å²) in [4.78, 5) is 19.5. The minimum Gasteiger partial charge on any atom is -0.380 e. The van der Waals surface area contributed by atoms with E-state index in [2.05, 4.69) is 20.6 Å². The smallest absolute Gasteiger partial charge is 0.242 e. The van der Waals surface area contributed by atoms with Crippen molar-refractivity contribution in [1.82, 2.24) is 15.3 Å². The maximum absolute atomic E-state index is 11.9. The summed E-state index contributed by atoms with van der Waals surface area (Å²) in [6.07, 6.45) is 2.04. The summed E-state index contributed by atoms with van der Waals surface area (Å²) < 4.78 is 5.17. The van der Waals surface area contributed by atoms with Crippen LogP contribution in [-0.2, 0) is 9.53 Å². The molecule has 92 valence electrons. The number of carbonyl (C=O) groups excluding carboxylic acids is 1. The Bertz CT molecular complexity index is 415. The largest absolute Gasteiger partial charge is 0.380 e. The fraction of sp³-hybridized carbons (Fsp3) is 0.500. The SMILES string of the molecule is COC1CNC(C(=O)Nc2cc(Cl)ncn2)C1. The molecule has 17 heavy (non-hydrogen) atoms. The van der Waals surface area contributed by atoms with Crippen LogP contribution in [0.25, 0.3) is 0 Å². The molecule has 0 radical (unpaired) electrons. The molecule has 1 saturated heterocycles. The molecule has 1 aliphatic rings. The predicted octanol–water partition coefficient (Wildman–Crippen LogP) is 0.445. The summed E-state index contributed by atoms with van der Waals surface area (Å²) in [6, 6.07) is 1.25. The van der Waals surface area contributed by atoms with Gasteiger partial charge in [-0.25, -0.2) is 9.97 Å². The molecule has 2 rings (SSSR count). The number of hydrogen-bond donors (Lipinski definition) is 2. The van der Waals surface area contributed by atoms with Gasteiger partial charge in [0.05, 0.1) is 12.1 Å². The number of nitrogens with zero attached hydrogens (tertiary/aromatic N) is 2. The van der Waals surface area contributed by atoms with Crippen LogP contribution in [0.4, 0.5) is 5.82 Å². The molecule has 2 heterocycles. The maximum atomic E-state index is 11.9. The average Bonchev–Trinajstić information content (AvgIpc) is 2.77. The number of aromatic nitrogens is 2. The normalized spacial score (nSPS) is 23.6. The minimum atomic E-state index is -0.256. The molecule has 1 amide bonds. The highest BCUT2D eigenvalue weighted by Gasteiger charge is 2.29. The van der Waals surface area contributed by atoms with Gasteiger partial charge in [0.15, 0.2) is 0 Å². The number of nitrogens with one attached hydrogen (secondary N) is 2. The topological polar surface area (TPSA) is 76.1 Å². The van der Waals surface area contributed by atoms with Crippen LogP contribution >= 0.6 is 11.6 Å². The Balaban J connectivity index is 1.93. The zero-order chi connectivity index (χ0) is 12.3. The Morgan fingerprint density at radius 1 is 1.65 bits per heavy atom. The van der Waals surface area contributed by atoms with Gasteiger partial charge in [-0.05, 0) is 6.42 Å². The Morgan fingerprint density at radius 3 is 3.12 bits per heavy atom. The Morgan fingerprint density at radius 2 is 2.47 bits per heavy atom. The first-order chi connectivity index (χ1) is 8.19. The quantitative estimate of drug-likeness (QED) is 0.768. The third-order valence-electron chi connectivity index (χ3n) is 2.63. The number of halogens is 1. The van der Waals surface area contributed by atoms with Crippen LogP contribution in [0.15, 0.2) is 12.4 Å². The molecule has 1 fully saturated rings. The van der Waals surface area contributed by atoms with Crippen LogP contribution in [0.3, 0.4) is 0 Å². The lowest BCUT2D eigenvalue weighted by Crippen LogP contribution is -2.35. The summed E-state index contributed by atoms with van der Waals surface area (Å²) >= 11 is 5.70. The standard InChI is InChI=1S/C10H13ClN4O2/c1-17-6-2-7(12-4-6)10(16)15-9-3-8(11)13-5-14-9/h3,5-7,12H,2,4H2,1H3,(H,13,14,15,16). The van der Waals surface area contributed by atoms with E-state index in [0.29, 0.717) is 23.9 Å². The van der Waals surface area contributed by atoms with E-state index in [1.807, 2.05) is 0 Å². The highest BCUT2D eigenvalue weighted by molar-refractivity contribution is 6.29. The lowest BCUT2D eigenvalue weighted by molar-refractivity contribution is -0.118. The van der Waals surface area contributed by atoms with E-state index >= 15 is 0 Å². The third-order valence-corrected chi connectivity index (χ3v) is 2.83. The molecular weight excluding hydrogens is 244 g/mol. The van der Waals surface area contributed by atoms with Crippen molar-refractivity contribution in [2.45, 2.75) is 18.6 Å². The lowest BCUT2D eigenvalue weighted by atomic mass is 10.2. The Labute approximate surface area is 104 Å². The molecule has 1 aliphatic heterocycles. The third kappa shape index (κ3) is 3.12. The molecule has 1 aromatic rings. The van der Waals surface area contributed by atoms with Crippen molar-refractivity contribution >= 4 is 23.3 Å². The van der Waals surface area contributed by atoms with Gasteiger partial charge in [0.1, 0.15) is 17.3 Å². The van der Waals surface area contributed by atoms with Gasteiger partial charge in [-0.1, -0.05) is 11.6 Å². The van der Waals surface area contributed by atoms with Gasteiger partial charge in [0.25, 0.3) is 0 Å². The highest BCUT2D eigenvalue weighted by Crippen LogP contribution is 2.13. The van der Waals surface area contributed by atoms with Crippen molar-refractivity contribution < 1.29 is 9.53 Å². The van der Waals surface area contributed by atoms with Crippen molar-refractivity contribution in [3.8, 4) is 0 Å². The number of amides is 1. The van der Waals surface area contributed by atoms with Crippen LogP contribution in [0.1, 0.15) is 6.42 Å². The second-order valence-electron chi connectivity index (χ2n) is 3.77. The highest BCUT2D eigenvalue weighted by atomic mass is 35.5. The average molecular weight is 257 g/mol. The number of rotatable bonds is 3. The van der Waals surface area contributed by atoms with Gasteiger partial charge in [0.2, 0.25) is 5.91 Å². The van der Waals surface area contributed by atoms with Gasteiger partial charge < -0.3 is 15.4 Å². The molecular formula is C10H13ClN4O2. The summed E-state index contributed by atoms with van der Waals surface area (Å²) in [5.41, 5.74) is 0. The van der Waals surface area contributed by atoms with Crippen molar-refractivity contribution in [1.29, 1.82) is 0 Å². The zero-order valence-corrected chi connectivity index (χ0v) is 10.1. The summed E-state index contributed by atoms with van der Waals surface area (Å²) in [7, 11) is 1.64. The minimum absolute atomic E-state index is 0.0831. The molecule has 0 aromatic carbocycles. The van der Waals surface area contributed by atoms with Gasteiger partial charge in [-0.3, -0.25) is 4.79 Å². The van der Waals surface area contributed by atoms with Gasteiger partial charge in [0, 0.05) is 19.7 Å². The first kappa shape index (κ1) is 12.2.